The third-order valence-corrected chi connectivity index (χ3v) is 1.44. The molecular formula is C6H12N8. The summed E-state index contributed by atoms with van der Waals surface area (Å²) in [6, 6.07) is 0. The minimum Gasteiger partial charge on any atom is -0.233 e. The molecule has 2 rings (SSSR count). The van der Waals surface area contributed by atoms with Crippen LogP contribution in [0.3, 0.4) is 0 Å². The first-order chi connectivity index (χ1) is 6.59. The van der Waals surface area contributed by atoms with E-state index in [2.05, 4.69) is 30.9 Å². The number of aromatic nitrogens is 8. The van der Waals surface area contributed by atoms with Crippen molar-refractivity contribution in [2.24, 2.45) is 14.1 Å². The summed E-state index contributed by atoms with van der Waals surface area (Å²) < 4.78 is 1.61. The van der Waals surface area contributed by atoms with E-state index in [-0.39, 0.29) is 0 Å². The summed E-state index contributed by atoms with van der Waals surface area (Å²) in [6.45, 7) is 3.65. The van der Waals surface area contributed by atoms with Crippen LogP contribution >= 0.6 is 0 Å². The van der Waals surface area contributed by atoms with Crippen molar-refractivity contribution in [1.82, 2.24) is 40.4 Å². The summed E-state index contributed by atoms with van der Waals surface area (Å²) in [5, 5.41) is 21.6. The quantitative estimate of drug-likeness (QED) is 0.539. The van der Waals surface area contributed by atoms with E-state index < -0.39 is 0 Å². The maximum atomic E-state index is 3.81. The van der Waals surface area contributed by atoms with E-state index >= 15 is 0 Å². The molecule has 2 aromatic heterocycles. The van der Waals surface area contributed by atoms with Crippen molar-refractivity contribution in [3.8, 4) is 0 Å². The minimum absolute atomic E-state index is 0.711. The maximum Gasteiger partial charge on any atom is 0.171 e. The fourth-order valence-electron chi connectivity index (χ4n) is 0.653. The SMILES string of the molecule is Cc1nnn(C)n1.Cc1nnnn1C. The molecule has 0 unspecified atom stereocenters. The number of nitrogens with zero attached hydrogens (tertiary/aromatic N) is 8. The predicted molar refractivity (Wildman–Crippen MR) is 47.1 cm³/mol. The molecule has 0 saturated heterocycles. The molecule has 0 aliphatic rings. The molecule has 14 heavy (non-hydrogen) atoms. The van der Waals surface area contributed by atoms with Gasteiger partial charge in [-0.15, -0.1) is 15.3 Å². The Bertz CT molecular complexity index is 355. The zero-order valence-electron chi connectivity index (χ0n) is 8.58. The lowest BCUT2D eigenvalue weighted by atomic mass is 10.7. The van der Waals surface area contributed by atoms with Crippen LogP contribution in [0.5, 0.6) is 0 Å². The largest absolute Gasteiger partial charge is 0.233 e. The lowest BCUT2D eigenvalue weighted by Crippen LogP contribution is -1.92. The van der Waals surface area contributed by atoms with Gasteiger partial charge in [0, 0.05) is 7.05 Å². The van der Waals surface area contributed by atoms with Gasteiger partial charge in [0.25, 0.3) is 0 Å². The Morgan fingerprint density at radius 1 is 1.00 bits per heavy atom. The number of hydrogen-bond acceptors (Lipinski definition) is 6. The zero-order valence-corrected chi connectivity index (χ0v) is 8.58. The van der Waals surface area contributed by atoms with Gasteiger partial charge in [-0.1, -0.05) is 0 Å². The highest BCUT2D eigenvalue weighted by Gasteiger charge is 1.87. The van der Waals surface area contributed by atoms with Gasteiger partial charge in [-0.05, 0) is 29.5 Å². The first-order valence-corrected chi connectivity index (χ1v) is 3.99. The monoisotopic (exact) mass is 196 g/mol. The predicted octanol–water partition coefficient (Wildman–Crippen LogP) is -0.963. The number of hydrogen-bond donors (Lipinski definition) is 0. The van der Waals surface area contributed by atoms with Gasteiger partial charge in [-0.2, -0.15) is 4.80 Å². The molecule has 0 amide bonds. The van der Waals surface area contributed by atoms with E-state index in [1.807, 2.05) is 6.92 Å². The average Bonchev–Trinajstić information content (AvgIpc) is 2.65. The first-order valence-electron chi connectivity index (χ1n) is 3.99. The summed E-state index contributed by atoms with van der Waals surface area (Å²) in [5.74, 6) is 1.54. The Balaban J connectivity index is 0.000000140. The Morgan fingerprint density at radius 3 is 1.86 bits per heavy atom. The average molecular weight is 196 g/mol. The van der Waals surface area contributed by atoms with Crippen LogP contribution in [-0.4, -0.2) is 40.4 Å². The first kappa shape index (κ1) is 10.2. The van der Waals surface area contributed by atoms with Crippen molar-refractivity contribution in [3.63, 3.8) is 0 Å². The van der Waals surface area contributed by atoms with Gasteiger partial charge in [0.2, 0.25) is 0 Å². The van der Waals surface area contributed by atoms with E-state index in [9.17, 15) is 0 Å². The Hall–Kier alpha value is -1.86. The second-order valence-electron chi connectivity index (χ2n) is 2.68. The highest BCUT2D eigenvalue weighted by Crippen LogP contribution is 1.78. The molecule has 0 N–H and O–H groups in total. The lowest BCUT2D eigenvalue weighted by Gasteiger charge is -1.81. The van der Waals surface area contributed by atoms with Crippen LogP contribution < -0.4 is 0 Å². The summed E-state index contributed by atoms with van der Waals surface area (Å²) in [5.41, 5.74) is 0. The lowest BCUT2D eigenvalue weighted by molar-refractivity contribution is 0.629. The number of aryl methyl sites for hydroxylation is 4. The normalized spacial score (nSPS) is 9.43. The molecule has 0 atom stereocenters. The Kier molecular flexibility index (Phi) is 3.21. The van der Waals surface area contributed by atoms with Crippen molar-refractivity contribution in [3.05, 3.63) is 11.6 Å². The Morgan fingerprint density at radius 2 is 1.71 bits per heavy atom. The standard InChI is InChI=1S/2C3H6N4/c1-3-4-5-6-7(3)2;1-3-4-6-7(2)5-3/h2*1-2H3. The van der Waals surface area contributed by atoms with Crippen LogP contribution in [0, 0.1) is 13.8 Å². The fraction of sp³-hybridized carbons (Fsp3) is 0.667. The summed E-state index contributed by atoms with van der Waals surface area (Å²) in [6.07, 6.45) is 0. The van der Waals surface area contributed by atoms with Crippen LogP contribution in [0.2, 0.25) is 0 Å². The van der Waals surface area contributed by atoms with Crippen molar-refractivity contribution >= 4 is 0 Å². The second kappa shape index (κ2) is 4.40. The van der Waals surface area contributed by atoms with E-state index in [4.69, 9.17) is 0 Å². The van der Waals surface area contributed by atoms with E-state index in [1.54, 1.807) is 25.7 Å². The van der Waals surface area contributed by atoms with Crippen LogP contribution in [0.4, 0.5) is 0 Å². The summed E-state index contributed by atoms with van der Waals surface area (Å²) in [4.78, 5) is 1.43. The number of rotatable bonds is 0. The van der Waals surface area contributed by atoms with Crippen LogP contribution in [0.15, 0.2) is 0 Å². The molecule has 0 aromatic carbocycles. The van der Waals surface area contributed by atoms with E-state index in [0.717, 1.165) is 5.82 Å². The molecular weight excluding hydrogens is 184 g/mol. The third kappa shape index (κ3) is 2.88. The molecule has 0 bridgehead atoms. The van der Waals surface area contributed by atoms with E-state index in [1.165, 1.54) is 4.80 Å². The van der Waals surface area contributed by atoms with Gasteiger partial charge in [0.05, 0.1) is 7.05 Å². The van der Waals surface area contributed by atoms with Crippen LogP contribution in [-0.2, 0) is 14.1 Å². The van der Waals surface area contributed by atoms with Crippen molar-refractivity contribution in [2.45, 2.75) is 13.8 Å². The molecule has 76 valence electrons. The summed E-state index contributed by atoms with van der Waals surface area (Å²) >= 11 is 0. The maximum absolute atomic E-state index is 3.81. The molecule has 0 fully saturated rings. The van der Waals surface area contributed by atoms with Gasteiger partial charge < -0.3 is 0 Å². The zero-order chi connectivity index (χ0) is 10.6. The van der Waals surface area contributed by atoms with Gasteiger partial charge in [-0.3, -0.25) is 0 Å². The number of tetrazole rings is 2. The minimum atomic E-state index is 0.711. The second-order valence-corrected chi connectivity index (χ2v) is 2.68. The molecule has 8 nitrogen and oxygen atoms in total. The van der Waals surface area contributed by atoms with Crippen molar-refractivity contribution in [1.29, 1.82) is 0 Å². The van der Waals surface area contributed by atoms with Gasteiger partial charge in [0.15, 0.2) is 5.82 Å². The molecule has 0 aliphatic carbocycles. The van der Waals surface area contributed by atoms with Crippen molar-refractivity contribution < 1.29 is 0 Å². The van der Waals surface area contributed by atoms with Crippen molar-refractivity contribution in [2.75, 3.05) is 0 Å². The Labute approximate surface area is 80.9 Å². The highest BCUT2D eigenvalue weighted by atomic mass is 15.6. The highest BCUT2D eigenvalue weighted by molar-refractivity contribution is 4.69. The van der Waals surface area contributed by atoms with Crippen LogP contribution in [0.1, 0.15) is 11.6 Å². The van der Waals surface area contributed by atoms with Gasteiger partial charge in [0.1, 0.15) is 5.82 Å². The molecule has 8 heteroatoms. The van der Waals surface area contributed by atoms with Crippen LogP contribution in [0.25, 0.3) is 0 Å². The molecule has 0 saturated carbocycles. The molecule has 2 aromatic rings. The van der Waals surface area contributed by atoms with Gasteiger partial charge >= 0.3 is 0 Å². The van der Waals surface area contributed by atoms with Gasteiger partial charge in [-0.25, -0.2) is 4.68 Å². The molecule has 0 aliphatic heterocycles. The van der Waals surface area contributed by atoms with E-state index in [0.29, 0.717) is 5.82 Å². The molecule has 2 heterocycles. The fourth-order valence-corrected chi connectivity index (χ4v) is 0.653. The third-order valence-electron chi connectivity index (χ3n) is 1.44. The topological polar surface area (TPSA) is 87.2 Å². The molecule has 0 spiro atoms. The smallest absolute Gasteiger partial charge is 0.171 e. The molecule has 0 radical (unpaired) electrons. The summed E-state index contributed by atoms with van der Waals surface area (Å²) in [7, 11) is 3.54.